The summed E-state index contributed by atoms with van der Waals surface area (Å²) >= 11 is -0.826. The zero-order valence-corrected chi connectivity index (χ0v) is 36.2. The molecule has 0 bridgehead atoms. The van der Waals surface area contributed by atoms with Crippen molar-refractivity contribution in [2.45, 2.75) is 46.7 Å². The summed E-state index contributed by atoms with van der Waals surface area (Å²) in [5.74, 6) is 0.563. The van der Waals surface area contributed by atoms with Crippen molar-refractivity contribution in [2.75, 3.05) is 0 Å². The molecule has 0 saturated carbocycles. The van der Waals surface area contributed by atoms with Crippen LogP contribution in [-0.2, 0) is 20.8 Å². The number of rotatable bonds is 3. The summed E-state index contributed by atoms with van der Waals surface area (Å²) in [5, 5.41) is 13.3. The fourth-order valence-corrected chi connectivity index (χ4v) is 7.39. The van der Waals surface area contributed by atoms with E-state index in [9.17, 15) is 0 Å². The average Bonchev–Trinajstić information content (AvgIpc) is 3.80. The van der Waals surface area contributed by atoms with Crippen molar-refractivity contribution >= 4 is 80.4 Å². The van der Waals surface area contributed by atoms with Crippen LogP contribution in [0.25, 0.3) is 76.1 Å². The van der Waals surface area contributed by atoms with Gasteiger partial charge in [0.25, 0.3) is 0 Å². The van der Waals surface area contributed by atoms with Crippen molar-refractivity contribution in [1.29, 1.82) is 0 Å². The van der Waals surface area contributed by atoms with E-state index in [1.54, 1.807) is 0 Å². The third-order valence-corrected chi connectivity index (χ3v) is 9.85. The quantitative estimate of drug-likeness (QED) is 0.0946. The summed E-state index contributed by atoms with van der Waals surface area (Å²) in [5.41, 5.74) is 9.40. The molecule has 0 unspecified atom stereocenters. The van der Waals surface area contributed by atoms with E-state index >= 15 is 0 Å². The number of fused-ring (bicyclic) bond motifs is 6. The van der Waals surface area contributed by atoms with Gasteiger partial charge in [0.1, 0.15) is 0 Å². The second kappa shape index (κ2) is 18.0. The zero-order chi connectivity index (χ0) is 37.5. The summed E-state index contributed by atoms with van der Waals surface area (Å²) in [6.07, 6.45) is 0. The first kappa shape index (κ1) is 38.9. The molecule has 4 heteroatoms. The van der Waals surface area contributed by atoms with Crippen LogP contribution in [0.3, 0.4) is 0 Å². The van der Waals surface area contributed by atoms with Gasteiger partial charge in [-0.15, -0.1) is 68.6 Å². The predicted octanol–water partition coefficient (Wildman–Crippen LogP) is 15.8. The summed E-state index contributed by atoms with van der Waals surface area (Å²) in [4.78, 5) is 0. The van der Waals surface area contributed by atoms with Gasteiger partial charge in [0.05, 0.1) is 0 Å². The molecule has 0 aliphatic rings. The molecule has 53 heavy (non-hydrogen) atoms. The van der Waals surface area contributed by atoms with Crippen LogP contribution in [0.5, 0.6) is 0 Å². The summed E-state index contributed by atoms with van der Waals surface area (Å²) in [7, 11) is 11.0. The van der Waals surface area contributed by atoms with E-state index < -0.39 is 20.8 Å². The van der Waals surface area contributed by atoms with Crippen molar-refractivity contribution in [3.05, 3.63) is 168 Å². The normalized spacial score (nSPS) is 10.8. The SMILES string of the molecule is CC(C)c1cc2c(-c3cccc4ccccc34)cccc2[cH-]1.C[Si]C.Cc1cc2c(-c3cccc4c3ccc3ccccc34)ccc(C)c2[cH-]1.[Cl][Zr+2][Cl]. The van der Waals surface area contributed by atoms with Crippen LogP contribution in [0.15, 0.2) is 152 Å². The third kappa shape index (κ3) is 8.48. The average molecular weight is 823 g/mol. The minimum atomic E-state index is -0.826. The van der Waals surface area contributed by atoms with Gasteiger partial charge < -0.3 is 0 Å². The van der Waals surface area contributed by atoms with Gasteiger partial charge >= 0.3 is 37.9 Å². The van der Waals surface area contributed by atoms with Crippen LogP contribution in [0.4, 0.5) is 0 Å². The Bertz CT molecular complexity index is 2620. The molecular formula is C49H44Cl2SiZr. The second-order valence-corrected chi connectivity index (χ2v) is 18.6. The number of aryl methyl sites for hydroxylation is 2. The number of hydrogen-bond donors (Lipinski definition) is 0. The Labute approximate surface area is 336 Å². The van der Waals surface area contributed by atoms with Gasteiger partial charge in [0.15, 0.2) is 0 Å². The molecule has 0 aliphatic heterocycles. The Hall–Kier alpha value is -3.78. The van der Waals surface area contributed by atoms with Crippen molar-refractivity contribution in [3.8, 4) is 22.3 Å². The first-order valence-corrected chi connectivity index (χ1v) is 26.4. The molecule has 0 aromatic heterocycles. The van der Waals surface area contributed by atoms with E-state index in [2.05, 4.69) is 192 Å². The van der Waals surface area contributed by atoms with Gasteiger partial charge in [-0.05, 0) is 49.4 Å². The van der Waals surface area contributed by atoms with Crippen molar-refractivity contribution in [3.63, 3.8) is 0 Å². The molecule has 2 radical (unpaired) electrons. The maximum absolute atomic E-state index is 4.93. The molecule has 0 heterocycles. The van der Waals surface area contributed by atoms with Crippen LogP contribution < -0.4 is 0 Å². The molecule has 0 atom stereocenters. The fraction of sp³-hybridized carbons (Fsp3) is 0.143. The predicted molar refractivity (Wildman–Crippen MR) is 235 cm³/mol. The van der Waals surface area contributed by atoms with E-state index in [0.29, 0.717) is 5.92 Å². The van der Waals surface area contributed by atoms with Crippen molar-refractivity contribution < 1.29 is 20.8 Å². The molecule has 0 N–H and O–H groups in total. The molecule has 0 amide bonds. The third-order valence-electron chi connectivity index (χ3n) is 9.85. The number of halogens is 2. The number of hydrogen-bond acceptors (Lipinski definition) is 0. The maximum atomic E-state index is 4.93. The van der Waals surface area contributed by atoms with Gasteiger partial charge in [-0.25, -0.2) is 0 Å². The Morgan fingerprint density at radius 1 is 0.509 bits per heavy atom. The summed E-state index contributed by atoms with van der Waals surface area (Å²) < 4.78 is 0. The Morgan fingerprint density at radius 2 is 1.04 bits per heavy atom. The first-order chi connectivity index (χ1) is 25.8. The summed E-state index contributed by atoms with van der Waals surface area (Å²) in [6.45, 7) is 13.2. The molecule has 262 valence electrons. The molecule has 9 aromatic carbocycles. The van der Waals surface area contributed by atoms with Gasteiger partial charge in [-0.2, -0.15) is 12.1 Å². The molecule has 0 nitrogen and oxygen atoms in total. The van der Waals surface area contributed by atoms with E-state index in [1.807, 2.05) is 0 Å². The minimum absolute atomic E-state index is 0.563. The van der Waals surface area contributed by atoms with Crippen LogP contribution in [0.2, 0.25) is 13.1 Å². The first-order valence-electron chi connectivity index (χ1n) is 18.1. The molecule has 0 spiro atoms. The van der Waals surface area contributed by atoms with Crippen LogP contribution in [0, 0.1) is 13.8 Å². The fourth-order valence-electron chi connectivity index (χ4n) is 7.39. The van der Waals surface area contributed by atoms with Crippen molar-refractivity contribution in [2.24, 2.45) is 0 Å². The topological polar surface area (TPSA) is 0 Å². The molecule has 9 rings (SSSR count). The van der Waals surface area contributed by atoms with Crippen LogP contribution in [-0.4, -0.2) is 9.52 Å². The number of benzene rings is 7. The summed E-state index contributed by atoms with van der Waals surface area (Å²) in [6, 6.07) is 55.5. The molecule has 9 aromatic rings. The van der Waals surface area contributed by atoms with Gasteiger partial charge in [-0.3, -0.25) is 0 Å². The van der Waals surface area contributed by atoms with Gasteiger partial charge in [-0.1, -0.05) is 161 Å². The van der Waals surface area contributed by atoms with E-state index in [-0.39, 0.29) is 0 Å². The Balaban J connectivity index is 0.000000159. The molecule has 0 aliphatic carbocycles. The standard InChI is InChI=1S/C25H19.C22H19.C2H6Si.2ClH.Zr/c1-16-14-24-17(2)10-12-23(25(24)15-16)21-9-5-8-20-19-7-4-3-6-18(19)11-13-22(20)21;1-15(2)18-13-17-9-6-12-21(22(17)14-18)20-11-5-8-16-7-3-4-10-19(16)20;1-3-2;;;/h3-15H,1-2H3;3-15H,1-2H3;1-2H3;2*1H;/q2*-1;;;;+4/p-2. The Morgan fingerprint density at radius 3 is 1.74 bits per heavy atom. The van der Waals surface area contributed by atoms with Crippen molar-refractivity contribution in [1.82, 2.24) is 0 Å². The zero-order valence-electron chi connectivity index (χ0n) is 31.3. The second-order valence-electron chi connectivity index (χ2n) is 13.8. The van der Waals surface area contributed by atoms with Crippen LogP contribution in [0.1, 0.15) is 36.5 Å². The molecule has 0 fully saturated rings. The van der Waals surface area contributed by atoms with E-state index in [1.165, 1.54) is 92.8 Å². The van der Waals surface area contributed by atoms with Crippen LogP contribution >= 0.6 is 17.0 Å². The monoisotopic (exact) mass is 820 g/mol. The molecule has 0 saturated heterocycles. The van der Waals surface area contributed by atoms with E-state index in [4.69, 9.17) is 17.0 Å². The van der Waals surface area contributed by atoms with E-state index in [0.717, 1.165) is 9.52 Å². The Kier molecular flexibility index (Phi) is 13.2. The van der Waals surface area contributed by atoms with Gasteiger partial charge in [0.2, 0.25) is 0 Å². The van der Waals surface area contributed by atoms with Gasteiger partial charge in [0, 0.05) is 9.52 Å². The molecular weight excluding hydrogens is 779 g/mol.